The Morgan fingerprint density at radius 1 is 1.18 bits per heavy atom. The third kappa shape index (κ3) is 5.52. The number of anilines is 2. The van der Waals surface area contributed by atoms with E-state index >= 15 is 0 Å². The predicted octanol–water partition coefficient (Wildman–Crippen LogP) is 3.32. The lowest BCUT2D eigenvalue weighted by molar-refractivity contribution is -0.116. The molecule has 0 bridgehead atoms. The molecular formula is C24H26N6O4. The Balaban J connectivity index is 1.65. The van der Waals surface area contributed by atoms with Gasteiger partial charge in [-0.25, -0.2) is 0 Å². The molecule has 10 nitrogen and oxygen atoms in total. The molecule has 34 heavy (non-hydrogen) atoms. The van der Waals surface area contributed by atoms with Gasteiger partial charge in [-0.15, -0.1) is 0 Å². The van der Waals surface area contributed by atoms with Crippen molar-refractivity contribution in [2.45, 2.75) is 19.8 Å². The quantitative estimate of drug-likeness (QED) is 0.203. The van der Waals surface area contributed by atoms with Crippen LogP contribution in [0.15, 0.2) is 59.9 Å². The van der Waals surface area contributed by atoms with E-state index in [-0.39, 0.29) is 17.6 Å². The average molecular weight is 463 g/mol. The van der Waals surface area contributed by atoms with E-state index in [9.17, 15) is 9.59 Å². The van der Waals surface area contributed by atoms with Gasteiger partial charge < -0.3 is 25.9 Å². The summed E-state index contributed by atoms with van der Waals surface area (Å²) in [6, 6.07) is 13.3. The number of aromatic nitrogens is 2. The van der Waals surface area contributed by atoms with Crippen LogP contribution in [0.1, 0.15) is 35.7 Å². The maximum Gasteiger partial charge on any atom is 0.257 e. The van der Waals surface area contributed by atoms with Crippen LogP contribution in [0.5, 0.6) is 11.5 Å². The third-order valence-electron chi connectivity index (χ3n) is 5.43. The van der Waals surface area contributed by atoms with Gasteiger partial charge in [-0.3, -0.25) is 14.3 Å². The molecule has 4 rings (SSSR count). The number of carbonyl (C=O) groups excluding carboxylic acids is 2. The monoisotopic (exact) mass is 462 g/mol. The lowest BCUT2D eigenvalue weighted by Gasteiger charge is -2.22. The summed E-state index contributed by atoms with van der Waals surface area (Å²) in [7, 11) is 1.76. The highest BCUT2D eigenvalue weighted by Crippen LogP contribution is 2.34. The highest BCUT2D eigenvalue weighted by Gasteiger charge is 2.27. The van der Waals surface area contributed by atoms with Gasteiger partial charge in [-0.2, -0.15) is 5.10 Å². The standard InChI is InChI=1S/C24H26N6O4/c1-15(31)30(14-16-3-4-16)19-11-18(24(32)26-22-9-10-29(2)27-22)12-21(13-19)34-20-7-5-17(6-8-20)23(25)28-33/h5-13,16,33H,3-4,14H2,1-2H3,(H2,25,28)(H,26,27,32). The Bertz CT molecular complexity index is 1230. The van der Waals surface area contributed by atoms with Crippen molar-refractivity contribution in [1.82, 2.24) is 9.78 Å². The van der Waals surface area contributed by atoms with E-state index in [4.69, 9.17) is 15.7 Å². The van der Waals surface area contributed by atoms with Crippen molar-refractivity contribution in [2.24, 2.45) is 23.9 Å². The van der Waals surface area contributed by atoms with Gasteiger partial charge in [0.05, 0.1) is 0 Å². The number of rotatable bonds is 8. The van der Waals surface area contributed by atoms with Crippen LogP contribution in [0.2, 0.25) is 0 Å². The molecule has 0 unspecified atom stereocenters. The molecule has 10 heteroatoms. The summed E-state index contributed by atoms with van der Waals surface area (Å²) < 4.78 is 7.59. The third-order valence-corrected chi connectivity index (χ3v) is 5.43. The molecule has 4 N–H and O–H groups in total. The van der Waals surface area contributed by atoms with E-state index in [1.807, 2.05) is 0 Å². The van der Waals surface area contributed by atoms with Crippen molar-refractivity contribution in [3.8, 4) is 11.5 Å². The first-order valence-electron chi connectivity index (χ1n) is 10.8. The maximum atomic E-state index is 13.0. The van der Waals surface area contributed by atoms with Crippen molar-refractivity contribution >= 4 is 29.2 Å². The van der Waals surface area contributed by atoms with Crippen molar-refractivity contribution in [3.63, 3.8) is 0 Å². The second-order valence-electron chi connectivity index (χ2n) is 8.23. The number of hydrogen-bond donors (Lipinski definition) is 3. The van der Waals surface area contributed by atoms with Gasteiger partial charge in [0.2, 0.25) is 5.91 Å². The fraction of sp³-hybridized carbons (Fsp3) is 0.250. The van der Waals surface area contributed by atoms with Gasteiger partial charge in [0.1, 0.15) is 11.5 Å². The fourth-order valence-corrected chi connectivity index (χ4v) is 3.46. The van der Waals surface area contributed by atoms with Crippen molar-refractivity contribution in [1.29, 1.82) is 0 Å². The average Bonchev–Trinajstić information content (AvgIpc) is 3.56. The SMILES string of the molecule is CC(=O)N(CC1CC1)c1cc(Oc2ccc(/C(N)=N/O)cc2)cc(C(=O)Nc2ccn(C)n2)c1. The number of ether oxygens (including phenoxy) is 1. The highest BCUT2D eigenvalue weighted by atomic mass is 16.5. The van der Waals surface area contributed by atoms with E-state index < -0.39 is 0 Å². The lowest BCUT2D eigenvalue weighted by Crippen LogP contribution is -2.30. The number of aryl methyl sites for hydroxylation is 1. The topological polar surface area (TPSA) is 135 Å². The van der Waals surface area contributed by atoms with Crippen LogP contribution < -0.4 is 20.7 Å². The zero-order valence-electron chi connectivity index (χ0n) is 18.9. The number of hydrogen-bond acceptors (Lipinski definition) is 6. The van der Waals surface area contributed by atoms with Crippen LogP contribution in [-0.4, -0.2) is 39.2 Å². The molecule has 0 radical (unpaired) electrons. The molecule has 3 aromatic rings. The van der Waals surface area contributed by atoms with E-state index in [1.165, 1.54) is 6.92 Å². The second-order valence-corrected chi connectivity index (χ2v) is 8.23. The number of oxime groups is 1. The molecule has 0 aliphatic heterocycles. The minimum Gasteiger partial charge on any atom is -0.457 e. The van der Waals surface area contributed by atoms with E-state index in [0.717, 1.165) is 12.8 Å². The largest absolute Gasteiger partial charge is 0.457 e. The van der Waals surface area contributed by atoms with Crippen LogP contribution in [0, 0.1) is 5.92 Å². The Labute approximate surface area is 196 Å². The smallest absolute Gasteiger partial charge is 0.257 e. The first-order chi connectivity index (χ1) is 16.3. The van der Waals surface area contributed by atoms with Crippen molar-refractivity contribution in [3.05, 3.63) is 65.9 Å². The van der Waals surface area contributed by atoms with Gasteiger partial charge in [-0.05, 0) is 55.2 Å². The lowest BCUT2D eigenvalue weighted by atomic mass is 10.1. The van der Waals surface area contributed by atoms with Gasteiger partial charge in [0, 0.05) is 55.7 Å². The molecule has 2 aromatic carbocycles. The number of amides is 2. The van der Waals surface area contributed by atoms with Crippen LogP contribution >= 0.6 is 0 Å². The molecule has 176 valence electrons. The minimum atomic E-state index is -0.373. The molecule has 1 fully saturated rings. The molecule has 1 aliphatic rings. The van der Waals surface area contributed by atoms with Crippen LogP contribution in [0.3, 0.4) is 0 Å². The first-order valence-corrected chi connectivity index (χ1v) is 10.8. The van der Waals surface area contributed by atoms with Crippen molar-refractivity contribution in [2.75, 3.05) is 16.8 Å². The van der Waals surface area contributed by atoms with E-state index in [1.54, 1.807) is 71.4 Å². The van der Waals surface area contributed by atoms with E-state index in [2.05, 4.69) is 15.6 Å². The molecule has 2 amide bonds. The molecule has 1 aromatic heterocycles. The minimum absolute atomic E-state index is 0.0146. The molecule has 1 heterocycles. The Kier molecular flexibility index (Phi) is 6.48. The number of amidine groups is 1. The van der Waals surface area contributed by atoms with Crippen molar-refractivity contribution < 1.29 is 19.5 Å². The number of nitrogens with two attached hydrogens (primary N) is 1. The highest BCUT2D eigenvalue weighted by molar-refractivity contribution is 6.05. The van der Waals surface area contributed by atoms with Gasteiger partial charge >= 0.3 is 0 Å². The molecule has 0 atom stereocenters. The van der Waals surface area contributed by atoms with Gasteiger partial charge in [0.25, 0.3) is 5.91 Å². The first kappa shape index (κ1) is 22.8. The molecule has 1 aliphatic carbocycles. The van der Waals surface area contributed by atoms with Gasteiger partial charge in [-0.1, -0.05) is 5.16 Å². The fourth-order valence-electron chi connectivity index (χ4n) is 3.46. The molecule has 0 saturated heterocycles. The summed E-state index contributed by atoms with van der Waals surface area (Å²) in [6.07, 6.45) is 3.89. The molecule has 1 saturated carbocycles. The van der Waals surface area contributed by atoms with Crippen LogP contribution in [-0.2, 0) is 11.8 Å². The number of benzene rings is 2. The van der Waals surface area contributed by atoms with Crippen LogP contribution in [0.4, 0.5) is 11.5 Å². The molecule has 0 spiro atoms. The molecular weight excluding hydrogens is 436 g/mol. The zero-order valence-corrected chi connectivity index (χ0v) is 18.9. The summed E-state index contributed by atoms with van der Waals surface area (Å²) in [6.45, 7) is 2.10. The summed E-state index contributed by atoms with van der Waals surface area (Å²) >= 11 is 0. The van der Waals surface area contributed by atoms with E-state index in [0.29, 0.717) is 46.6 Å². The predicted molar refractivity (Wildman–Crippen MR) is 127 cm³/mol. The summed E-state index contributed by atoms with van der Waals surface area (Å²) in [5.41, 5.74) is 7.05. The number of carbonyl (C=O) groups is 2. The number of nitrogens with zero attached hydrogens (tertiary/aromatic N) is 4. The van der Waals surface area contributed by atoms with Crippen LogP contribution in [0.25, 0.3) is 0 Å². The summed E-state index contributed by atoms with van der Waals surface area (Å²) in [5, 5.41) is 18.8. The zero-order chi connectivity index (χ0) is 24.2. The summed E-state index contributed by atoms with van der Waals surface area (Å²) in [5.74, 6) is 1.26. The Hall–Kier alpha value is -4.34. The van der Waals surface area contributed by atoms with Gasteiger partial charge in [0.15, 0.2) is 11.7 Å². The second kappa shape index (κ2) is 9.65. The summed E-state index contributed by atoms with van der Waals surface area (Å²) in [4.78, 5) is 27.1. The Morgan fingerprint density at radius 2 is 1.91 bits per heavy atom. The number of nitrogens with one attached hydrogen (secondary N) is 1. The normalized spacial score (nSPS) is 13.4. The maximum absolute atomic E-state index is 13.0. The Morgan fingerprint density at radius 3 is 2.50 bits per heavy atom.